The summed E-state index contributed by atoms with van der Waals surface area (Å²) in [7, 11) is 0. The highest BCUT2D eigenvalue weighted by molar-refractivity contribution is 5.63. The maximum absolute atomic E-state index is 5.89. The first-order chi connectivity index (χ1) is 11.9. The summed E-state index contributed by atoms with van der Waals surface area (Å²) >= 11 is 0. The minimum absolute atomic E-state index is 0.149. The lowest BCUT2D eigenvalue weighted by Crippen LogP contribution is -2.24. The first kappa shape index (κ1) is 17.9. The van der Waals surface area contributed by atoms with E-state index in [1.165, 1.54) is 12.8 Å². The molecule has 2 aromatic rings. The van der Waals surface area contributed by atoms with Crippen LogP contribution in [0.2, 0.25) is 0 Å². The van der Waals surface area contributed by atoms with E-state index in [0.717, 1.165) is 42.1 Å². The monoisotopic (exact) mass is 343 g/mol. The second kappa shape index (κ2) is 7.56. The van der Waals surface area contributed by atoms with Crippen LogP contribution in [0.4, 0.5) is 0 Å². The van der Waals surface area contributed by atoms with Crippen molar-refractivity contribution in [3.05, 3.63) is 30.0 Å². The van der Waals surface area contributed by atoms with Crippen molar-refractivity contribution in [2.45, 2.75) is 59.6 Å². The molecule has 1 aromatic heterocycles. The predicted molar refractivity (Wildman–Crippen MR) is 98.7 cm³/mol. The fraction of sp³-hybridized carbons (Fsp3) is 0.600. The van der Waals surface area contributed by atoms with Crippen molar-refractivity contribution in [2.24, 2.45) is 5.41 Å². The number of aryl methyl sites for hydroxylation is 1. The number of hydrogen-bond donors (Lipinski definition) is 0. The normalized spacial score (nSPS) is 18.3. The van der Waals surface area contributed by atoms with Gasteiger partial charge in [0.25, 0.3) is 0 Å². The Balaban J connectivity index is 1.67. The topological polar surface area (TPSA) is 49.2 Å². The van der Waals surface area contributed by atoms with Crippen molar-refractivity contribution >= 4 is 0 Å². The van der Waals surface area contributed by atoms with E-state index in [1.54, 1.807) is 0 Å². The molecule has 1 aliphatic rings. The van der Waals surface area contributed by atoms with Gasteiger partial charge in [0.2, 0.25) is 0 Å². The number of rotatable bonds is 5. The zero-order valence-corrected chi connectivity index (χ0v) is 15.8. The molecule has 25 heavy (non-hydrogen) atoms. The van der Waals surface area contributed by atoms with Crippen LogP contribution in [0, 0.1) is 12.3 Å². The van der Waals surface area contributed by atoms with Gasteiger partial charge in [0.1, 0.15) is 11.4 Å². The van der Waals surface area contributed by atoms with Crippen LogP contribution in [0.3, 0.4) is 0 Å². The molecule has 0 saturated carbocycles. The SMILES string of the molecule is Cc1cc(OCC(C)(C)C)ccc1-c1cn(CC2CCCCO2)nn1. The lowest BCUT2D eigenvalue weighted by atomic mass is 9.98. The molecule has 5 nitrogen and oxygen atoms in total. The van der Waals surface area contributed by atoms with Gasteiger partial charge in [-0.2, -0.15) is 0 Å². The first-order valence-electron chi connectivity index (χ1n) is 9.16. The van der Waals surface area contributed by atoms with Gasteiger partial charge in [0.05, 0.1) is 25.5 Å². The quantitative estimate of drug-likeness (QED) is 0.814. The largest absolute Gasteiger partial charge is 0.493 e. The third-order valence-electron chi connectivity index (χ3n) is 4.35. The molecule has 1 atom stereocenters. The lowest BCUT2D eigenvalue weighted by molar-refractivity contribution is 0.00370. The molecule has 0 amide bonds. The van der Waals surface area contributed by atoms with Gasteiger partial charge in [-0.25, -0.2) is 4.68 Å². The summed E-state index contributed by atoms with van der Waals surface area (Å²) in [5.41, 5.74) is 3.29. The zero-order valence-electron chi connectivity index (χ0n) is 15.8. The number of ether oxygens (including phenoxy) is 2. The summed E-state index contributed by atoms with van der Waals surface area (Å²) in [6, 6.07) is 6.15. The van der Waals surface area contributed by atoms with Crippen molar-refractivity contribution in [2.75, 3.05) is 13.2 Å². The Labute approximate surface area is 150 Å². The molecule has 0 bridgehead atoms. The van der Waals surface area contributed by atoms with Crippen molar-refractivity contribution in [1.82, 2.24) is 15.0 Å². The van der Waals surface area contributed by atoms with Gasteiger partial charge in [-0.3, -0.25) is 0 Å². The second-order valence-corrected chi connectivity index (χ2v) is 8.14. The highest BCUT2D eigenvalue weighted by Crippen LogP contribution is 2.26. The zero-order chi connectivity index (χ0) is 17.9. The molecule has 0 aliphatic carbocycles. The summed E-state index contributed by atoms with van der Waals surface area (Å²) in [5, 5.41) is 8.62. The molecule has 0 radical (unpaired) electrons. The summed E-state index contributed by atoms with van der Waals surface area (Å²) in [4.78, 5) is 0. The molecule has 1 unspecified atom stereocenters. The average molecular weight is 343 g/mol. The molecule has 1 saturated heterocycles. The Morgan fingerprint density at radius 1 is 1.28 bits per heavy atom. The van der Waals surface area contributed by atoms with E-state index >= 15 is 0 Å². The van der Waals surface area contributed by atoms with Crippen LogP contribution in [-0.4, -0.2) is 34.3 Å². The van der Waals surface area contributed by atoms with Crippen molar-refractivity contribution in [1.29, 1.82) is 0 Å². The third kappa shape index (κ3) is 5.05. The summed E-state index contributed by atoms with van der Waals surface area (Å²) in [5.74, 6) is 0.902. The van der Waals surface area contributed by atoms with Gasteiger partial charge in [0.15, 0.2) is 0 Å². The number of aromatic nitrogens is 3. The van der Waals surface area contributed by atoms with Crippen LogP contribution >= 0.6 is 0 Å². The Kier molecular flexibility index (Phi) is 5.42. The highest BCUT2D eigenvalue weighted by atomic mass is 16.5. The van der Waals surface area contributed by atoms with Crippen LogP contribution < -0.4 is 4.74 Å². The van der Waals surface area contributed by atoms with Gasteiger partial charge in [-0.05, 0) is 55.4 Å². The summed E-state index contributed by atoms with van der Waals surface area (Å²) in [6.07, 6.45) is 5.78. The maximum Gasteiger partial charge on any atom is 0.119 e. The van der Waals surface area contributed by atoms with E-state index in [0.29, 0.717) is 6.61 Å². The van der Waals surface area contributed by atoms with Crippen LogP contribution in [0.5, 0.6) is 5.75 Å². The molecule has 0 N–H and O–H groups in total. The third-order valence-corrected chi connectivity index (χ3v) is 4.35. The molecule has 5 heteroatoms. The Hall–Kier alpha value is -1.88. The molecule has 0 spiro atoms. The Bertz CT molecular complexity index is 697. The molecule has 1 fully saturated rings. The van der Waals surface area contributed by atoms with E-state index < -0.39 is 0 Å². The molecule has 1 aliphatic heterocycles. The first-order valence-corrected chi connectivity index (χ1v) is 9.16. The fourth-order valence-electron chi connectivity index (χ4n) is 2.98. The minimum Gasteiger partial charge on any atom is -0.493 e. The average Bonchev–Trinajstić information content (AvgIpc) is 3.01. The van der Waals surface area contributed by atoms with E-state index in [-0.39, 0.29) is 11.5 Å². The molecular weight excluding hydrogens is 314 g/mol. The van der Waals surface area contributed by atoms with Gasteiger partial charge in [-0.1, -0.05) is 26.0 Å². The predicted octanol–water partition coefficient (Wildman–Crippen LogP) is 4.25. The van der Waals surface area contributed by atoms with E-state index in [2.05, 4.69) is 50.1 Å². The number of benzene rings is 1. The molecule has 1 aromatic carbocycles. The number of hydrogen-bond acceptors (Lipinski definition) is 4. The van der Waals surface area contributed by atoms with E-state index in [9.17, 15) is 0 Å². The molecule has 136 valence electrons. The fourth-order valence-corrected chi connectivity index (χ4v) is 2.98. The van der Waals surface area contributed by atoms with Crippen LogP contribution in [0.1, 0.15) is 45.6 Å². The number of nitrogens with zero attached hydrogens (tertiary/aromatic N) is 3. The summed E-state index contributed by atoms with van der Waals surface area (Å²) in [6.45, 7) is 10.9. The molecular formula is C20H29N3O2. The lowest BCUT2D eigenvalue weighted by Gasteiger charge is -2.21. The van der Waals surface area contributed by atoms with Gasteiger partial charge < -0.3 is 9.47 Å². The van der Waals surface area contributed by atoms with Gasteiger partial charge >= 0.3 is 0 Å². The van der Waals surface area contributed by atoms with E-state index in [4.69, 9.17) is 9.47 Å². The van der Waals surface area contributed by atoms with Crippen LogP contribution in [0.25, 0.3) is 11.3 Å². The minimum atomic E-state index is 0.149. The Morgan fingerprint density at radius 3 is 2.80 bits per heavy atom. The molecule has 3 rings (SSSR count). The smallest absolute Gasteiger partial charge is 0.119 e. The standard InChI is InChI=1S/C20H29N3O2/c1-15-11-16(25-14-20(2,3)4)8-9-18(15)19-13-23(22-21-19)12-17-7-5-6-10-24-17/h8-9,11,13,17H,5-7,10,12,14H2,1-4H3. The van der Waals surface area contributed by atoms with Gasteiger partial charge in [-0.15, -0.1) is 5.10 Å². The second-order valence-electron chi connectivity index (χ2n) is 8.14. The highest BCUT2D eigenvalue weighted by Gasteiger charge is 2.16. The maximum atomic E-state index is 5.89. The van der Waals surface area contributed by atoms with Crippen LogP contribution in [-0.2, 0) is 11.3 Å². The van der Waals surface area contributed by atoms with Gasteiger partial charge in [0, 0.05) is 12.2 Å². The van der Waals surface area contributed by atoms with Crippen molar-refractivity contribution in [3.8, 4) is 17.0 Å². The van der Waals surface area contributed by atoms with Crippen molar-refractivity contribution in [3.63, 3.8) is 0 Å². The summed E-state index contributed by atoms with van der Waals surface area (Å²) < 4.78 is 13.6. The van der Waals surface area contributed by atoms with E-state index in [1.807, 2.05) is 16.9 Å². The van der Waals surface area contributed by atoms with Crippen LogP contribution in [0.15, 0.2) is 24.4 Å². The van der Waals surface area contributed by atoms with Crippen molar-refractivity contribution < 1.29 is 9.47 Å². The Morgan fingerprint density at radius 2 is 2.12 bits per heavy atom. The molecule has 2 heterocycles.